The highest BCUT2D eigenvalue weighted by Crippen LogP contribution is 2.45. The molecule has 0 amide bonds. The predicted molar refractivity (Wildman–Crippen MR) is 323 cm³/mol. The molecule has 82 heavy (non-hydrogen) atoms. The van der Waals surface area contributed by atoms with E-state index in [1.54, 1.807) is 50.2 Å². The van der Waals surface area contributed by atoms with E-state index in [1.165, 1.54) is 12.1 Å². The van der Waals surface area contributed by atoms with E-state index in [0.29, 0.717) is 104 Å². The van der Waals surface area contributed by atoms with Crippen molar-refractivity contribution >= 4 is 65.5 Å². The van der Waals surface area contributed by atoms with E-state index in [9.17, 15) is 35.5 Å². The van der Waals surface area contributed by atoms with Crippen molar-refractivity contribution in [3.05, 3.63) is 156 Å². The highest BCUT2D eigenvalue weighted by Gasteiger charge is 2.27. The fourth-order valence-electron chi connectivity index (χ4n) is 10.5. The summed E-state index contributed by atoms with van der Waals surface area (Å²) in [7, 11) is -9.21. The van der Waals surface area contributed by atoms with Gasteiger partial charge in [0.05, 0.1) is 25.2 Å². The number of fused-ring (bicyclic) bond motifs is 4. The number of anilines is 2. The molecule has 4 aromatic carbocycles. The number of likely N-dealkylation sites (N-methyl/N-ethyl adjacent to an activating group) is 2. The molecule has 0 saturated heterocycles. The van der Waals surface area contributed by atoms with E-state index in [-0.39, 0.29) is 23.0 Å². The van der Waals surface area contributed by atoms with E-state index in [4.69, 9.17) is 18.3 Å². The number of ether oxygens (including phenoxy) is 2. The lowest BCUT2D eigenvalue weighted by molar-refractivity contribution is -0.139. The van der Waals surface area contributed by atoms with Crippen LogP contribution >= 0.6 is 0 Å². The maximum Gasteiger partial charge on any atom is 0.333 e. The average molecular weight is 1150 g/mol. The van der Waals surface area contributed by atoms with Crippen molar-refractivity contribution in [3.63, 3.8) is 0 Å². The third-order valence-corrected chi connectivity index (χ3v) is 16.5. The summed E-state index contributed by atoms with van der Waals surface area (Å²) in [5.74, 6) is 0.159. The van der Waals surface area contributed by atoms with Crippen molar-refractivity contribution in [1.29, 1.82) is 0 Å². The molecule has 0 bridgehead atoms. The third kappa shape index (κ3) is 13.7. The van der Waals surface area contributed by atoms with Gasteiger partial charge in [-0.2, -0.15) is 16.8 Å². The van der Waals surface area contributed by atoms with E-state index in [0.717, 1.165) is 74.0 Å². The first kappa shape index (κ1) is 60.2. The summed E-state index contributed by atoms with van der Waals surface area (Å²) in [4.78, 5) is 27.9. The average Bonchev–Trinajstić information content (AvgIpc) is 2.89. The summed E-state index contributed by atoms with van der Waals surface area (Å²) >= 11 is 0. The molecule has 2 N–H and O–H groups in total. The van der Waals surface area contributed by atoms with Gasteiger partial charge in [0.1, 0.15) is 71.9 Å². The van der Waals surface area contributed by atoms with Gasteiger partial charge in [-0.05, 0) is 103 Å². The number of esters is 2. The lowest BCUT2D eigenvalue weighted by Crippen LogP contribution is -2.31. The normalized spacial score (nSPS) is 12.6. The molecule has 16 nitrogen and oxygen atoms in total. The van der Waals surface area contributed by atoms with Crippen molar-refractivity contribution in [2.45, 2.75) is 77.0 Å². The van der Waals surface area contributed by atoms with Gasteiger partial charge >= 0.3 is 11.9 Å². The second-order valence-electron chi connectivity index (χ2n) is 20.2. The fraction of sp³-hybridized carbons (Fsp3) is 0.312. The SMILES string of the molecule is C=C(C)C(=O)OCCN(CC)c1ccc2c(-c3ccccc3S(=O)(=O)O)c3ccc(=[N+](CC)CCCCCC[N+](CC)=c4ccc5c(-c6ccccc6S(=O)(=O)O)c6ccc(N(CC)CCOC(=O)C(=C)C)cc6oc-5c4)cc-3oc2c1. The van der Waals surface area contributed by atoms with Crippen LogP contribution in [0.1, 0.15) is 67.2 Å². The largest absolute Gasteiger partial charge is 0.460 e. The summed E-state index contributed by atoms with van der Waals surface area (Å²) in [5, 5.41) is 3.19. The number of carbonyl (C=O) groups is 2. The van der Waals surface area contributed by atoms with Gasteiger partial charge in [0.2, 0.25) is 10.7 Å². The van der Waals surface area contributed by atoms with Gasteiger partial charge < -0.3 is 28.1 Å². The third-order valence-electron chi connectivity index (χ3n) is 14.7. The van der Waals surface area contributed by atoms with Gasteiger partial charge in [-0.1, -0.05) is 49.6 Å². The van der Waals surface area contributed by atoms with Crippen molar-refractivity contribution in [1.82, 2.24) is 9.15 Å². The molecule has 18 heteroatoms. The Balaban J connectivity index is 1.06. The first-order valence-corrected chi connectivity index (χ1v) is 30.6. The van der Waals surface area contributed by atoms with Crippen molar-refractivity contribution in [2.75, 3.05) is 75.4 Å². The minimum Gasteiger partial charge on any atom is -0.460 e. The van der Waals surface area contributed by atoms with Crippen molar-refractivity contribution in [2.24, 2.45) is 0 Å². The second-order valence-corrected chi connectivity index (χ2v) is 23.0. The van der Waals surface area contributed by atoms with Crippen LogP contribution in [-0.2, 0) is 39.3 Å². The summed E-state index contributed by atoms with van der Waals surface area (Å²) < 4.78 is 101. The summed E-state index contributed by atoms with van der Waals surface area (Å²) in [6, 6.07) is 36.1. The molecule has 0 aromatic heterocycles. The Labute approximate surface area is 479 Å². The molecule has 0 unspecified atom stereocenters. The van der Waals surface area contributed by atoms with Crippen LogP contribution in [-0.4, -0.2) is 103 Å². The van der Waals surface area contributed by atoms with Crippen molar-refractivity contribution < 1.29 is 53.8 Å². The van der Waals surface area contributed by atoms with Gasteiger partial charge in [-0.3, -0.25) is 9.11 Å². The molecule has 4 aromatic rings. The number of nitrogens with zero attached hydrogens (tertiary/aromatic N) is 4. The first-order valence-electron chi connectivity index (χ1n) is 27.7. The highest BCUT2D eigenvalue weighted by atomic mass is 32.2. The molecule has 8 rings (SSSR count). The summed E-state index contributed by atoms with van der Waals surface area (Å²) in [6.07, 6.45) is 3.79. The van der Waals surface area contributed by atoms with Crippen LogP contribution in [0, 0.1) is 0 Å². The van der Waals surface area contributed by atoms with E-state index in [1.807, 2.05) is 86.6 Å². The lowest BCUT2D eigenvalue weighted by Gasteiger charge is -2.24. The minimum absolute atomic E-state index is 0.153. The van der Waals surface area contributed by atoms with Gasteiger partial charge in [0, 0.05) is 117 Å². The number of carbonyl (C=O) groups excluding carboxylic acids is 2. The zero-order chi connectivity index (χ0) is 58.9. The number of unbranched alkanes of at least 4 members (excludes halogenated alkanes) is 3. The van der Waals surface area contributed by atoms with Gasteiger partial charge in [0.15, 0.2) is 0 Å². The smallest absolute Gasteiger partial charge is 0.333 e. The first-order chi connectivity index (χ1) is 39.3. The Morgan fingerprint density at radius 1 is 0.524 bits per heavy atom. The standard InChI is InChI=1S/C64H70N4O12S2/c1-9-65(45-25-29-49-55(39-45)79-57-41-47(67(11-3)35-37-77-63(69)43(5)6)27-31-51(57)61(49)53-21-15-17-23-59(53)81(71,72)73)33-19-13-14-20-34-66(10-2)46-26-30-50-56(40-46)80-58-42-48(68(12-4)36-38-78-64(70)44(7)8)28-32-52(58)62(50)54-22-16-18-24-60(54)82(74,75)76/h15-18,21-32,39-42H,5,7,9-14,19-20,33-38H2,1-4,6,8H3/p+2. The predicted octanol–water partition coefficient (Wildman–Crippen LogP) is 11.0. The molecule has 4 aliphatic rings. The van der Waals surface area contributed by atoms with Crippen LogP contribution in [0.3, 0.4) is 0 Å². The molecule has 0 fully saturated rings. The second kappa shape index (κ2) is 26.3. The Bertz CT molecular complexity index is 3770. The van der Waals surface area contributed by atoms with Gasteiger partial charge in [-0.15, -0.1) is 0 Å². The minimum atomic E-state index is -4.61. The Kier molecular flexibility index (Phi) is 19.3. The number of benzene rings is 6. The zero-order valence-electron chi connectivity index (χ0n) is 47.4. The molecule has 0 radical (unpaired) electrons. The van der Waals surface area contributed by atoms with Crippen LogP contribution in [0.5, 0.6) is 0 Å². The van der Waals surface area contributed by atoms with Crippen molar-refractivity contribution in [3.8, 4) is 44.9 Å². The molecule has 2 aliphatic carbocycles. The summed E-state index contributed by atoms with van der Waals surface area (Å²) in [6.45, 7) is 24.1. The van der Waals surface area contributed by atoms with Gasteiger partial charge in [0.25, 0.3) is 20.2 Å². The Morgan fingerprint density at radius 2 is 0.915 bits per heavy atom. The quantitative estimate of drug-likeness (QED) is 0.0137. The molecule has 0 saturated carbocycles. The topological polar surface area (TPSA) is 200 Å². The number of hydrogen-bond acceptors (Lipinski definition) is 12. The molecular formula is C64H72N4O12S2+2. The maximum absolute atomic E-state index is 12.8. The van der Waals surface area contributed by atoms with Gasteiger partial charge in [-0.25, -0.2) is 18.7 Å². The molecule has 430 valence electrons. The zero-order valence-corrected chi connectivity index (χ0v) is 49.1. The molecule has 0 atom stereocenters. The number of hydrogen-bond donors (Lipinski definition) is 2. The molecule has 2 heterocycles. The molecule has 0 spiro atoms. The molecular weight excluding hydrogens is 1080 g/mol. The van der Waals surface area contributed by atoms with E-state index >= 15 is 0 Å². The van der Waals surface area contributed by atoms with Crippen LogP contribution in [0.4, 0.5) is 11.4 Å². The van der Waals surface area contributed by atoms with E-state index < -0.39 is 32.2 Å². The highest BCUT2D eigenvalue weighted by molar-refractivity contribution is 7.86. The summed E-state index contributed by atoms with van der Waals surface area (Å²) in [5.41, 5.74) is 6.54. The Morgan fingerprint density at radius 3 is 1.27 bits per heavy atom. The molecule has 2 aliphatic heterocycles. The fourth-order valence-corrected chi connectivity index (χ4v) is 11.9. The number of rotatable bonds is 25. The maximum atomic E-state index is 12.8. The van der Waals surface area contributed by atoms with Crippen LogP contribution in [0.25, 0.3) is 66.8 Å². The lowest BCUT2D eigenvalue weighted by atomic mass is 9.93. The van der Waals surface area contributed by atoms with Crippen LogP contribution in [0.2, 0.25) is 0 Å². The Hall–Kier alpha value is -7.90. The van der Waals surface area contributed by atoms with Crippen LogP contribution < -0.4 is 29.7 Å². The van der Waals surface area contributed by atoms with Crippen LogP contribution in [0.15, 0.2) is 164 Å². The monoisotopic (exact) mass is 1150 g/mol. The van der Waals surface area contributed by atoms with E-state index in [2.05, 4.69) is 46.0 Å².